The van der Waals surface area contributed by atoms with Crippen LogP contribution in [0.2, 0.25) is 0 Å². The van der Waals surface area contributed by atoms with Gasteiger partial charge in [-0.15, -0.1) is 0 Å². The Labute approximate surface area is 83.1 Å². The van der Waals surface area contributed by atoms with E-state index in [2.05, 4.69) is 15.5 Å². The number of H-pyrrole nitrogens is 1. The molecular formula is C9H16N4O. The number of aromatic nitrogens is 2. The first-order valence-corrected chi connectivity index (χ1v) is 4.57. The minimum atomic E-state index is -0.177. The molecule has 0 fully saturated rings. The van der Waals surface area contributed by atoms with Crippen molar-refractivity contribution in [2.75, 3.05) is 6.54 Å². The van der Waals surface area contributed by atoms with Gasteiger partial charge in [-0.2, -0.15) is 5.10 Å². The average Bonchev–Trinajstić information content (AvgIpc) is 2.44. The first kappa shape index (κ1) is 10.7. The molecule has 0 saturated heterocycles. The third-order valence-electron chi connectivity index (χ3n) is 2.05. The second-order valence-corrected chi connectivity index (χ2v) is 3.51. The SMILES string of the molecule is Cc1[nH]nc(C(=O)NCC(C)N)c1C. The highest BCUT2D eigenvalue weighted by molar-refractivity contribution is 5.93. The quantitative estimate of drug-likeness (QED) is 0.641. The van der Waals surface area contributed by atoms with E-state index < -0.39 is 0 Å². The third-order valence-corrected chi connectivity index (χ3v) is 2.05. The molecule has 0 aliphatic carbocycles. The molecule has 0 aliphatic heterocycles. The summed E-state index contributed by atoms with van der Waals surface area (Å²) in [5.41, 5.74) is 7.76. The summed E-state index contributed by atoms with van der Waals surface area (Å²) in [7, 11) is 0. The number of nitrogens with zero attached hydrogens (tertiary/aromatic N) is 1. The molecule has 1 rings (SSSR count). The highest BCUT2D eigenvalue weighted by Crippen LogP contribution is 2.07. The molecule has 1 amide bonds. The van der Waals surface area contributed by atoms with E-state index in [1.807, 2.05) is 20.8 Å². The number of nitrogens with one attached hydrogen (secondary N) is 2. The highest BCUT2D eigenvalue weighted by Gasteiger charge is 2.13. The summed E-state index contributed by atoms with van der Waals surface area (Å²) in [6, 6.07) is -0.0423. The minimum Gasteiger partial charge on any atom is -0.349 e. The Morgan fingerprint density at radius 2 is 2.29 bits per heavy atom. The Bertz CT molecular complexity index is 330. The molecule has 0 bridgehead atoms. The molecule has 1 unspecified atom stereocenters. The van der Waals surface area contributed by atoms with Crippen LogP contribution in [-0.2, 0) is 0 Å². The zero-order valence-electron chi connectivity index (χ0n) is 8.72. The highest BCUT2D eigenvalue weighted by atomic mass is 16.1. The first-order valence-electron chi connectivity index (χ1n) is 4.57. The molecule has 14 heavy (non-hydrogen) atoms. The van der Waals surface area contributed by atoms with Crippen LogP contribution >= 0.6 is 0 Å². The molecule has 1 atom stereocenters. The van der Waals surface area contributed by atoms with Crippen molar-refractivity contribution in [2.45, 2.75) is 26.8 Å². The predicted octanol–water partition coefficient (Wildman–Crippen LogP) is 0.104. The van der Waals surface area contributed by atoms with Crippen molar-refractivity contribution in [3.05, 3.63) is 17.0 Å². The molecule has 5 heteroatoms. The number of carbonyl (C=O) groups is 1. The normalized spacial score (nSPS) is 12.6. The van der Waals surface area contributed by atoms with Crippen LogP contribution in [0.1, 0.15) is 28.7 Å². The van der Waals surface area contributed by atoms with Crippen LogP contribution in [-0.4, -0.2) is 28.7 Å². The van der Waals surface area contributed by atoms with Gasteiger partial charge in [0.1, 0.15) is 0 Å². The molecule has 1 aromatic rings. The van der Waals surface area contributed by atoms with Gasteiger partial charge in [0.2, 0.25) is 0 Å². The van der Waals surface area contributed by atoms with E-state index in [0.717, 1.165) is 11.3 Å². The Morgan fingerprint density at radius 3 is 2.71 bits per heavy atom. The molecular weight excluding hydrogens is 180 g/mol. The first-order chi connectivity index (χ1) is 6.52. The van der Waals surface area contributed by atoms with Gasteiger partial charge in [-0.1, -0.05) is 0 Å². The summed E-state index contributed by atoms with van der Waals surface area (Å²) < 4.78 is 0. The van der Waals surface area contributed by atoms with Crippen LogP contribution in [0.5, 0.6) is 0 Å². The number of amides is 1. The number of carbonyl (C=O) groups excluding carboxylic acids is 1. The van der Waals surface area contributed by atoms with Crippen molar-refractivity contribution in [2.24, 2.45) is 5.73 Å². The Kier molecular flexibility index (Phi) is 3.24. The van der Waals surface area contributed by atoms with Crippen molar-refractivity contribution < 1.29 is 4.79 Å². The van der Waals surface area contributed by atoms with E-state index in [4.69, 9.17) is 5.73 Å². The van der Waals surface area contributed by atoms with Gasteiger partial charge < -0.3 is 11.1 Å². The third kappa shape index (κ3) is 2.32. The van der Waals surface area contributed by atoms with Crippen molar-refractivity contribution in [1.82, 2.24) is 15.5 Å². The van der Waals surface area contributed by atoms with Crippen LogP contribution in [0.25, 0.3) is 0 Å². The Balaban J connectivity index is 2.66. The summed E-state index contributed by atoms with van der Waals surface area (Å²) in [5.74, 6) is -0.177. The monoisotopic (exact) mass is 196 g/mol. The lowest BCUT2D eigenvalue weighted by atomic mass is 10.2. The molecule has 4 N–H and O–H groups in total. The maximum absolute atomic E-state index is 11.5. The number of hydrogen-bond acceptors (Lipinski definition) is 3. The van der Waals surface area contributed by atoms with Crippen LogP contribution in [0, 0.1) is 13.8 Å². The molecule has 1 heterocycles. The van der Waals surface area contributed by atoms with Crippen LogP contribution in [0.3, 0.4) is 0 Å². The zero-order chi connectivity index (χ0) is 10.7. The number of aryl methyl sites for hydroxylation is 1. The fraction of sp³-hybridized carbons (Fsp3) is 0.556. The predicted molar refractivity (Wildman–Crippen MR) is 54.0 cm³/mol. The van der Waals surface area contributed by atoms with Gasteiger partial charge in [0.15, 0.2) is 5.69 Å². The zero-order valence-corrected chi connectivity index (χ0v) is 8.72. The lowest BCUT2D eigenvalue weighted by Crippen LogP contribution is -2.35. The van der Waals surface area contributed by atoms with E-state index >= 15 is 0 Å². The maximum atomic E-state index is 11.5. The summed E-state index contributed by atoms with van der Waals surface area (Å²) in [6.45, 7) is 6.04. The summed E-state index contributed by atoms with van der Waals surface area (Å²) in [4.78, 5) is 11.5. The fourth-order valence-corrected chi connectivity index (χ4v) is 1.04. The molecule has 78 valence electrons. The van der Waals surface area contributed by atoms with E-state index in [9.17, 15) is 4.79 Å². The standard InChI is InChI=1S/C9H16N4O/c1-5(10)4-11-9(14)8-6(2)7(3)12-13-8/h5H,4,10H2,1-3H3,(H,11,14)(H,12,13). The number of hydrogen-bond donors (Lipinski definition) is 3. The van der Waals surface area contributed by atoms with E-state index in [1.54, 1.807) is 0 Å². The van der Waals surface area contributed by atoms with E-state index in [0.29, 0.717) is 12.2 Å². The van der Waals surface area contributed by atoms with Crippen LogP contribution in [0.15, 0.2) is 0 Å². The van der Waals surface area contributed by atoms with Gasteiger partial charge in [-0.05, 0) is 20.8 Å². The van der Waals surface area contributed by atoms with Gasteiger partial charge in [-0.25, -0.2) is 0 Å². The van der Waals surface area contributed by atoms with Gasteiger partial charge in [-0.3, -0.25) is 9.89 Å². The van der Waals surface area contributed by atoms with Gasteiger partial charge >= 0.3 is 0 Å². The van der Waals surface area contributed by atoms with Crippen LogP contribution < -0.4 is 11.1 Å². The van der Waals surface area contributed by atoms with Crippen molar-refractivity contribution in [3.8, 4) is 0 Å². The Morgan fingerprint density at radius 1 is 1.64 bits per heavy atom. The minimum absolute atomic E-state index is 0.0423. The topological polar surface area (TPSA) is 83.8 Å². The lowest BCUT2D eigenvalue weighted by molar-refractivity contribution is 0.0946. The fourth-order valence-electron chi connectivity index (χ4n) is 1.04. The Hall–Kier alpha value is -1.36. The molecule has 0 aromatic carbocycles. The number of aromatic amines is 1. The molecule has 0 aliphatic rings. The molecule has 1 aromatic heterocycles. The van der Waals surface area contributed by atoms with E-state index in [1.165, 1.54) is 0 Å². The van der Waals surface area contributed by atoms with Crippen molar-refractivity contribution in [3.63, 3.8) is 0 Å². The lowest BCUT2D eigenvalue weighted by Gasteiger charge is -2.06. The number of nitrogens with two attached hydrogens (primary N) is 1. The molecule has 5 nitrogen and oxygen atoms in total. The maximum Gasteiger partial charge on any atom is 0.272 e. The van der Waals surface area contributed by atoms with Crippen molar-refractivity contribution >= 4 is 5.91 Å². The summed E-state index contributed by atoms with van der Waals surface area (Å²) in [6.07, 6.45) is 0. The van der Waals surface area contributed by atoms with Gasteiger partial charge in [0.25, 0.3) is 5.91 Å². The second-order valence-electron chi connectivity index (χ2n) is 3.51. The van der Waals surface area contributed by atoms with E-state index in [-0.39, 0.29) is 11.9 Å². The summed E-state index contributed by atoms with van der Waals surface area (Å²) in [5, 5.41) is 9.38. The smallest absolute Gasteiger partial charge is 0.272 e. The second kappa shape index (κ2) is 4.23. The molecule has 0 saturated carbocycles. The van der Waals surface area contributed by atoms with Crippen LogP contribution in [0.4, 0.5) is 0 Å². The largest absolute Gasteiger partial charge is 0.349 e. The van der Waals surface area contributed by atoms with Crippen molar-refractivity contribution in [1.29, 1.82) is 0 Å². The summed E-state index contributed by atoms with van der Waals surface area (Å²) >= 11 is 0. The van der Waals surface area contributed by atoms with Gasteiger partial charge in [0.05, 0.1) is 0 Å². The number of rotatable bonds is 3. The van der Waals surface area contributed by atoms with Gasteiger partial charge in [0, 0.05) is 23.8 Å². The average molecular weight is 196 g/mol. The molecule has 0 radical (unpaired) electrons. The molecule has 0 spiro atoms.